The summed E-state index contributed by atoms with van der Waals surface area (Å²) in [5, 5.41) is 0. The number of ether oxygens (including phenoxy) is 1. The van der Waals surface area contributed by atoms with Gasteiger partial charge in [-0.05, 0) is 30.2 Å². The molecule has 1 heterocycles. The lowest BCUT2D eigenvalue weighted by atomic mass is 10.1. The van der Waals surface area contributed by atoms with Crippen LogP contribution in [-0.2, 0) is 14.8 Å². The van der Waals surface area contributed by atoms with Gasteiger partial charge in [-0.3, -0.25) is 0 Å². The van der Waals surface area contributed by atoms with Gasteiger partial charge in [0, 0.05) is 12.6 Å². The van der Waals surface area contributed by atoms with E-state index in [1.54, 1.807) is 24.3 Å². The molecule has 0 saturated carbocycles. The SMILES string of the molecule is Cc1ccc(S(=O)(=O)N(C/C=C/c2ccccc2)C(C#CN2CCOC2=O)c2ccccc2)cc1. The molecule has 3 aromatic carbocycles. The van der Waals surface area contributed by atoms with Gasteiger partial charge in [-0.15, -0.1) is 0 Å². The van der Waals surface area contributed by atoms with Crippen LogP contribution in [0.15, 0.2) is 95.9 Å². The molecule has 7 heteroatoms. The molecule has 1 unspecified atom stereocenters. The molecule has 0 spiro atoms. The van der Waals surface area contributed by atoms with E-state index in [2.05, 4.69) is 12.0 Å². The van der Waals surface area contributed by atoms with Gasteiger partial charge in [-0.2, -0.15) is 4.31 Å². The van der Waals surface area contributed by atoms with Crippen LogP contribution in [0.3, 0.4) is 0 Å². The van der Waals surface area contributed by atoms with Crippen molar-refractivity contribution in [1.82, 2.24) is 9.21 Å². The molecule has 0 N–H and O–H groups in total. The van der Waals surface area contributed by atoms with Crippen molar-refractivity contribution in [2.24, 2.45) is 0 Å². The van der Waals surface area contributed by atoms with Gasteiger partial charge >= 0.3 is 6.09 Å². The number of carbonyl (C=O) groups excluding carboxylic acids is 1. The minimum atomic E-state index is -3.93. The topological polar surface area (TPSA) is 66.9 Å². The Hall–Kier alpha value is -3.86. The molecule has 1 aliphatic rings. The summed E-state index contributed by atoms with van der Waals surface area (Å²) in [4.78, 5) is 13.4. The van der Waals surface area contributed by atoms with Crippen molar-refractivity contribution in [2.75, 3.05) is 19.7 Å². The molecular weight excluding hydrogens is 460 g/mol. The number of benzene rings is 3. The van der Waals surface area contributed by atoms with Gasteiger partial charge < -0.3 is 4.74 Å². The molecule has 1 fully saturated rings. The van der Waals surface area contributed by atoms with Gasteiger partial charge in [0.25, 0.3) is 0 Å². The first-order valence-corrected chi connectivity index (χ1v) is 12.7. The summed E-state index contributed by atoms with van der Waals surface area (Å²) in [7, 11) is -3.93. The number of rotatable bonds is 7. The molecule has 3 aromatic rings. The van der Waals surface area contributed by atoms with E-state index in [0.29, 0.717) is 12.1 Å². The van der Waals surface area contributed by atoms with Crippen LogP contribution in [0, 0.1) is 18.9 Å². The molecule has 0 aliphatic carbocycles. The Bertz CT molecular complexity index is 1340. The summed E-state index contributed by atoms with van der Waals surface area (Å²) in [5.74, 6) is 3.03. The maximum Gasteiger partial charge on any atom is 0.421 e. The summed E-state index contributed by atoms with van der Waals surface area (Å²) < 4.78 is 34.1. The molecule has 1 saturated heterocycles. The summed E-state index contributed by atoms with van der Waals surface area (Å²) >= 11 is 0. The van der Waals surface area contributed by atoms with E-state index in [-0.39, 0.29) is 18.0 Å². The molecule has 0 bridgehead atoms. The Labute approximate surface area is 206 Å². The Morgan fingerprint density at radius 3 is 2.29 bits per heavy atom. The highest BCUT2D eigenvalue weighted by atomic mass is 32.2. The van der Waals surface area contributed by atoms with Crippen molar-refractivity contribution in [2.45, 2.75) is 17.9 Å². The van der Waals surface area contributed by atoms with Crippen molar-refractivity contribution in [3.8, 4) is 12.0 Å². The second-order valence-corrected chi connectivity index (χ2v) is 9.93. The smallest absolute Gasteiger partial charge is 0.421 e. The quantitative estimate of drug-likeness (QED) is 0.448. The molecule has 0 radical (unpaired) electrons. The van der Waals surface area contributed by atoms with Crippen LogP contribution >= 0.6 is 0 Å². The van der Waals surface area contributed by atoms with E-state index in [1.807, 2.05) is 79.7 Å². The molecule has 0 aromatic heterocycles. The first kappa shape index (κ1) is 24.3. The van der Waals surface area contributed by atoms with Crippen molar-refractivity contribution < 1.29 is 17.9 Å². The molecule has 178 valence electrons. The van der Waals surface area contributed by atoms with Crippen molar-refractivity contribution in [3.05, 3.63) is 108 Å². The van der Waals surface area contributed by atoms with Crippen LogP contribution in [0.1, 0.15) is 22.7 Å². The summed E-state index contributed by atoms with van der Waals surface area (Å²) in [6.45, 7) is 2.59. The van der Waals surface area contributed by atoms with E-state index in [4.69, 9.17) is 4.74 Å². The molecule has 1 aliphatic heterocycles. The van der Waals surface area contributed by atoms with Crippen LogP contribution in [0.4, 0.5) is 4.79 Å². The van der Waals surface area contributed by atoms with Crippen LogP contribution in [0.5, 0.6) is 0 Å². The lowest BCUT2D eigenvalue weighted by Gasteiger charge is -2.27. The van der Waals surface area contributed by atoms with Gasteiger partial charge in [0.15, 0.2) is 0 Å². The fraction of sp³-hybridized carbons (Fsp3) is 0.179. The number of sulfonamides is 1. The van der Waals surface area contributed by atoms with Gasteiger partial charge in [-0.25, -0.2) is 18.1 Å². The maximum atomic E-state index is 13.9. The third kappa shape index (κ3) is 5.99. The molecule has 35 heavy (non-hydrogen) atoms. The third-order valence-electron chi connectivity index (χ3n) is 5.52. The predicted octanol–water partition coefficient (Wildman–Crippen LogP) is 4.85. The number of carbonyl (C=O) groups is 1. The van der Waals surface area contributed by atoms with Crippen LogP contribution in [0.25, 0.3) is 6.08 Å². The standard InChI is InChI=1S/C28H26N2O4S/c1-23-14-16-26(17-15-23)35(32,33)30(19-8-11-24-9-4-2-5-10-24)27(25-12-6-3-7-13-25)18-20-29-21-22-34-28(29)31/h2-17,27H,19,21-22H2,1H3/b11-8+. The molecular formula is C28H26N2O4S. The molecule has 6 nitrogen and oxygen atoms in total. The van der Waals surface area contributed by atoms with Gasteiger partial charge in [-0.1, -0.05) is 96.4 Å². The largest absolute Gasteiger partial charge is 0.447 e. The van der Waals surface area contributed by atoms with Crippen LogP contribution in [0.2, 0.25) is 0 Å². The van der Waals surface area contributed by atoms with Crippen molar-refractivity contribution in [1.29, 1.82) is 0 Å². The van der Waals surface area contributed by atoms with Gasteiger partial charge in [0.1, 0.15) is 12.6 Å². The number of hydrogen-bond acceptors (Lipinski definition) is 4. The van der Waals surface area contributed by atoms with E-state index in [0.717, 1.165) is 11.1 Å². The fourth-order valence-corrected chi connectivity index (χ4v) is 5.12. The van der Waals surface area contributed by atoms with E-state index in [1.165, 1.54) is 9.21 Å². The maximum absolute atomic E-state index is 13.9. The van der Waals surface area contributed by atoms with E-state index >= 15 is 0 Å². The number of amides is 1. The monoisotopic (exact) mass is 486 g/mol. The Kier molecular flexibility index (Phi) is 7.66. The second kappa shape index (κ2) is 11.0. The lowest BCUT2D eigenvalue weighted by molar-refractivity contribution is 0.167. The fourth-order valence-electron chi connectivity index (χ4n) is 3.64. The second-order valence-electron chi connectivity index (χ2n) is 8.04. The molecule has 4 rings (SSSR count). The summed E-state index contributed by atoms with van der Waals surface area (Å²) in [6, 6.07) is 27.6. The zero-order valence-corrected chi connectivity index (χ0v) is 20.2. The minimum absolute atomic E-state index is 0.0871. The highest BCUT2D eigenvalue weighted by Gasteiger charge is 2.31. The summed E-state index contributed by atoms with van der Waals surface area (Å²) in [5.41, 5.74) is 2.63. The summed E-state index contributed by atoms with van der Waals surface area (Å²) in [6.07, 6.45) is 3.16. The van der Waals surface area contributed by atoms with Gasteiger partial charge in [0.2, 0.25) is 10.0 Å². The van der Waals surface area contributed by atoms with E-state index < -0.39 is 22.2 Å². The average molecular weight is 487 g/mol. The van der Waals surface area contributed by atoms with Crippen LogP contribution < -0.4 is 0 Å². The normalized spacial score (nSPS) is 14.6. The predicted molar refractivity (Wildman–Crippen MR) is 136 cm³/mol. The third-order valence-corrected chi connectivity index (χ3v) is 7.37. The molecule has 1 amide bonds. The first-order valence-electron chi connectivity index (χ1n) is 11.3. The number of cyclic esters (lactones) is 1. The average Bonchev–Trinajstić information content (AvgIpc) is 3.29. The Morgan fingerprint density at radius 2 is 1.66 bits per heavy atom. The zero-order valence-electron chi connectivity index (χ0n) is 19.4. The minimum Gasteiger partial charge on any atom is -0.447 e. The highest BCUT2D eigenvalue weighted by Crippen LogP contribution is 2.28. The number of hydrogen-bond donors (Lipinski definition) is 0. The Balaban J connectivity index is 1.77. The first-order chi connectivity index (χ1) is 16.9. The van der Waals surface area contributed by atoms with Gasteiger partial charge in [0.05, 0.1) is 11.4 Å². The highest BCUT2D eigenvalue weighted by molar-refractivity contribution is 7.89. The lowest BCUT2D eigenvalue weighted by Crippen LogP contribution is -2.35. The van der Waals surface area contributed by atoms with Crippen LogP contribution in [-0.4, -0.2) is 43.4 Å². The van der Waals surface area contributed by atoms with E-state index in [9.17, 15) is 13.2 Å². The van der Waals surface area contributed by atoms with Crippen molar-refractivity contribution in [3.63, 3.8) is 0 Å². The number of nitrogens with zero attached hydrogens (tertiary/aromatic N) is 2. The Morgan fingerprint density at radius 1 is 1.00 bits per heavy atom. The molecule has 1 atom stereocenters. The number of aryl methyl sites for hydroxylation is 1. The van der Waals surface area contributed by atoms with Crippen molar-refractivity contribution >= 4 is 22.2 Å². The zero-order chi connectivity index (χ0) is 24.7.